The molecule has 110 valence electrons. The molecule has 1 aliphatic carbocycles. The predicted octanol–water partition coefficient (Wildman–Crippen LogP) is 3.88. The minimum Gasteiger partial charge on any atom is -0.318 e. The summed E-state index contributed by atoms with van der Waals surface area (Å²) in [5.74, 6) is -2.18. The molecule has 0 saturated heterocycles. The van der Waals surface area contributed by atoms with Gasteiger partial charge in [-0.25, -0.2) is 0 Å². The molecule has 1 aliphatic rings. The second-order valence-electron chi connectivity index (χ2n) is 4.80. The van der Waals surface area contributed by atoms with Gasteiger partial charge in [-0.3, -0.25) is 4.79 Å². The molecule has 2 rings (SSSR count). The van der Waals surface area contributed by atoms with Crippen LogP contribution >= 0.6 is 0 Å². The number of nitriles is 1. The Labute approximate surface area is 120 Å². The third-order valence-corrected chi connectivity index (χ3v) is 3.36. The molecule has 0 fully saturated rings. The topological polar surface area (TPSA) is 52.9 Å². The number of hydrogen-bond acceptors (Lipinski definition) is 2. The number of anilines is 1. The molecule has 0 saturated carbocycles. The predicted molar refractivity (Wildman–Crippen MR) is 71.6 cm³/mol. The van der Waals surface area contributed by atoms with Crippen LogP contribution in [0.2, 0.25) is 0 Å². The van der Waals surface area contributed by atoms with Crippen LogP contribution in [-0.2, 0) is 4.79 Å². The molecule has 0 radical (unpaired) electrons. The van der Waals surface area contributed by atoms with E-state index in [2.05, 4.69) is 0 Å². The Kier molecular flexibility index (Phi) is 4.32. The van der Waals surface area contributed by atoms with Crippen molar-refractivity contribution in [1.82, 2.24) is 0 Å². The Morgan fingerprint density at radius 1 is 1.38 bits per heavy atom. The van der Waals surface area contributed by atoms with Crippen LogP contribution in [-0.4, -0.2) is 12.1 Å². The third-order valence-electron chi connectivity index (χ3n) is 3.36. The molecule has 1 unspecified atom stereocenters. The van der Waals surface area contributed by atoms with Gasteiger partial charge in [0.15, 0.2) is 0 Å². The molecule has 1 aromatic carbocycles. The quantitative estimate of drug-likeness (QED) is 0.841. The number of carbonyl (C=O) groups excluding carboxylic acids is 1. The zero-order valence-electron chi connectivity index (χ0n) is 11.1. The molecular weight excluding hydrogens is 281 g/mol. The van der Waals surface area contributed by atoms with E-state index in [1.165, 1.54) is 12.1 Å². The highest BCUT2D eigenvalue weighted by Gasteiger charge is 2.39. The molecule has 1 atom stereocenters. The van der Waals surface area contributed by atoms with E-state index in [-0.39, 0.29) is 17.2 Å². The molecular formula is C15H13F3N2O. The van der Waals surface area contributed by atoms with Gasteiger partial charge in [0, 0.05) is 17.2 Å². The maximum atomic E-state index is 12.4. The molecule has 0 spiro atoms. The van der Waals surface area contributed by atoms with Gasteiger partial charge in [0.1, 0.15) is 0 Å². The van der Waals surface area contributed by atoms with Crippen molar-refractivity contribution < 1.29 is 18.0 Å². The summed E-state index contributed by atoms with van der Waals surface area (Å²) in [4.78, 5) is 11.1. The molecule has 0 heterocycles. The fraction of sp³-hybridized carbons (Fsp3) is 0.333. The van der Waals surface area contributed by atoms with Crippen molar-refractivity contribution in [3.63, 3.8) is 0 Å². The van der Waals surface area contributed by atoms with Crippen molar-refractivity contribution in [1.29, 1.82) is 5.26 Å². The van der Waals surface area contributed by atoms with Crippen molar-refractivity contribution in [2.75, 3.05) is 5.32 Å². The molecule has 1 N–H and O–H groups in total. The number of allylic oxidation sites excluding steroid dienone is 2. The van der Waals surface area contributed by atoms with E-state index in [1.807, 2.05) is 23.5 Å². The summed E-state index contributed by atoms with van der Waals surface area (Å²) in [5, 5.41) is 11.0. The lowest BCUT2D eigenvalue weighted by atomic mass is 9.85. The van der Waals surface area contributed by atoms with Gasteiger partial charge in [-0.2, -0.15) is 18.4 Å². The van der Waals surface area contributed by atoms with E-state index in [4.69, 9.17) is 5.26 Å². The Bertz CT molecular complexity index is 614. The normalized spacial score (nSPS) is 18.1. The summed E-state index contributed by atoms with van der Waals surface area (Å²) >= 11 is 0. The van der Waals surface area contributed by atoms with Crippen LogP contribution < -0.4 is 5.32 Å². The summed E-state index contributed by atoms with van der Waals surface area (Å²) in [6.07, 6.45) is 1.41. The first-order valence-electron chi connectivity index (χ1n) is 6.51. The molecule has 0 aliphatic heterocycles. The van der Waals surface area contributed by atoms with Crippen LogP contribution in [0.3, 0.4) is 0 Å². The first kappa shape index (κ1) is 15.1. The lowest BCUT2D eigenvalue weighted by Crippen LogP contribution is -2.30. The molecule has 6 heteroatoms. The average Bonchev–Trinajstić information content (AvgIpc) is 2.46. The van der Waals surface area contributed by atoms with Gasteiger partial charge in [-0.1, -0.05) is 18.2 Å². The fourth-order valence-corrected chi connectivity index (χ4v) is 2.42. The molecule has 1 amide bonds. The third kappa shape index (κ3) is 3.43. The van der Waals surface area contributed by atoms with Crippen LogP contribution in [0.5, 0.6) is 0 Å². The largest absolute Gasteiger partial charge is 0.471 e. The lowest BCUT2D eigenvalue weighted by molar-refractivity contribution is -0.167. The zero-order valence-corrected chi connectivity index (χ0v) is 11.1. The Balaban J connectivity index is 2.41. The van der Waals surface area contributed by atoms with Gasteiger partial charge >= 0.3 is 12.1 Å². The van der Waals surface area contributed by atoms with E-state index in [1.54, 1.807) is 6.07 Å². The van der Waals surface area contributed by atoms with E-state index < -0.39 is 12.1 Å². The van der Waals surface area contributed by atoms with E-state index in [0.29, 0.717) is 5.56 Å². The second kappa shape index (κ2) is 6.00. The average molecular weight is 294 g/mol. The van der Waals surface area contributed by atoms with E-state index in [9.17, 15) is 18.0 Å². The minimum atomic E-state index is -4.96. The summed E-state index contributed by atoms with van der Waals surface area (Å²) in [6.45, 7) is 0. The Hall–Kier alpha value is -2.29. The van der Waals surface area contributed by atoms with Crippen molar-refractivity contribution in [3.8, 4) is 6.07 Å². The molecule has 1 aromatic rings. The Morgan fingerprint density at radius 2 is 2.14 bits per heavy atom. The molecule has 3 nitrogen and oxygen atoms in total. The van der Waals surface area contributed by atoms with Crippen LogP contribution in [0.25, 0.3) is 0 Å². The summed E-state index contributed by atoms with van der Waals surface area (Å²) in [6, 6.07) is 6.37. The second-order valence-corrected chi connectivity index (χ2v) is 4.80. The SMILES string of the molecule is N#Cc1cccc(NC(=O)C(F)(F)F)c1C1C=CCCC1. The van der Waals surface area contributed by atoms with Crippen LogP contribution in [0, 0.1) is 11.3 Å². The van der Waals surface area contributed by atoms with Crippen LogP contribution in [0.1, 0.15) is 36.3 Å². The maximum absolute atomic E-state index is 12.4. The highest BCUT2D eigenvalue weighted by Crippen LogP contribution is 2.35. The van der Waals surface area contributed by atoms with Crippen LogP contribution in [0.15, 0.2) is 30.4 Å². The van der Waals surface area contributed by atoms with Crippen LogP contribution in [0.4, 0.5) is 18.9 Å². The van der Waals surface area contributed by atoms with Gasteiger partial charge in [-0.05, 0) is 31.4 Å². The monoisotopic (exact) mass is 294 g/mol. The number of alkyl halides is 3. The zero-order chi connectivity index (χ0) is 15.5. The first-order chi connectivity index (χ1) is 9.93. The number of rotatable bonds is 2. The summed E-state index contributed by atoms with van der Waals surface area (Å²) in [5.41, 5.74) is 0.785. The lowest BCUT2D eigenvalue weighted by Gasteiger charge is -2.21. The summed E-state index contributed by atoms with van der Waals surface area (Å²) in [7, 11) is 0. The number of nitrogens with one attached hydrogen (secondary N) is 1. The minimum absolute atomic E-state index is 0.0490. The van der Waals surface area contributed by atoms with Gasteiger partial charge in [0.2, 0.25) is 0 Å². The van der Waals surface area contributed by atoms with Crippen molar-refractivity contribution in [2.45, 2.75) is 31.4 Å². The van der Waals surface area contributed by atoms with Gasteiger partial charge in [-0.15, -0.1) is 0 Å². The van der Waals surface area contributed by atoms with E-state index in [0.717, 1.165) is 19.3 Å². The first-order valence-corrected chi connectivity index (χ1v) is 6.51. The molecule has 0 aromatic heterocycles. The Morgan fingerprint density at radius 3 is 2.71 bits per heavy atom. The van der Waals surface area contributed by atoms with Crippen molar-refractivity contribution in [3.05, 3.63) is 41.5 Å². The number of carbonyl (C=O) groups is 1. The fourth-order valence-electron chi connectivity index (χ4n) is 2.42. The maximum Gasteiger partial charge on any atom is 0.471 e. The standard InChI is InChI=1S/C15H13F3N2O/c16-15(17,18)14(21)20-12-8-4-7-11(9-19)13(12)10-5-2-1-3-6-10/h2,4-5,7-8,10H,1,3,6H2,(H,20,21). The molecule has 0 bridgehead atoms. The van der Waals surface area contributed by atoms with Gasteiger partial charge in [0.05, 0.1) is 11.6 Å². The molecule has 21 heavy (non-hydrogen) atoms. The number of nitrogens with zero attached hydrogens (tertiary/aromatic N) is 1. The highest BCUT2D eigenvalue weighted by molar-refractivity contribution is 5.96. The van der Waals surface area contributed by atoms with E-state index >= 15 is 0 Å². The number of benzene rings is 1. The summed E-state index contributed by atoms with van der Waals surface area (Å²) < 4.78 is 37.2. The number of hydrogen-bond donors (Lipinski definition) is 1. The number of halogens is 3. The number of amides is 1. The van der Waals surface area contributed by atoms with Crippen molar-refractivity contribution >= 4 is 11.6 Å². The van der Waals surface area contributed by atoms with Gasteiger partial charge in [0.25, 0.3) is 0 Å². The van der Waals surface area contributed by atoms with Crippen molar-refractivity contribution in [2.24, 2.45) is 0 Å². The van der Waals surface area contributed by atoms with Gasteiger partial charge < -0.3 is 5.32 Å². The smallest absolute Gasteiger partial charge is 0.318 e. The highest BCUT2D eigenvalue weighted by atomic mass is 19.4.